The van der Waals surface area contributed by atoms with Crippen LogP contribution in [0.15, 0.2) is 30.3 Å². The molecule has 5 heteroatoms. The lowest BCUT2D eigenvalue weighted by Gasteiger charge is -2.22. The fourth-order valence-corrected chi connectivity index (χ4v) is 2.45. The molecule has 1 aliphatic heterocycles. The van der Waals surface area contributed by atoms with Crippen molar-refractivity contribution in [1.29, 1.82) is 0 Å². The lowest BCUT2D eigenvalue weighted by atomic mass is 9.98. The first-order valence-electron chi connectivity index (χ1n) is 6.40. The maximum Gasteiger partial charge on any atom is 0.308 e. The molecule has 2 atom stereocenters. The van der Waals surface area contributed by atoms with E-state index in [2.05, 4.69) is 0 Å². The summed E-state index contributed by atoms with van der Waals surface area (Å²) < 4.78 is 0. The van der Waals surface area contributed by atoms with Gasteiger partial charge in [-0.2, -0.15) is 0 Å². The van der Waals surface area contributed by atoms with E-state index in [1.54, 1.807) is 4.90 Å². The molecule has 1 aromatic carbocycles. The number of hydrogen-bond donors (Lipinski definition) is 2. The normalized spacial score (nSPS) is 20.3. The van der Waals surface area contributed by atoms with Gasteiger partial charge in [0, 0.05) is 19.6 Å². The van der Waals surface area contributed by atoms with Crippen molar-refractivity contribution in [2.24, 2.45) is 11.7 Å². The van der Waals surface area contributed by atoms with E-state index in [1.807, 2.05) is 30.3 Å². The molecule has 5 nitrogen and oxygen atoms in total. The van der Waals surface area contributed by atoms with Gasteiger partial charge in [-0.15, -0.1) is 0 Å². The van der Waals surface area contributed by atoms with Crippen molar-refractivity contribution in [3.05, 3.63) is 35.9 Å². The molecule has 0 spiro atoms. The van der Waals surface area contributed by atoms with E-state index in [0.717, 1.165) is 5.56 Å². The molecule has 0 aliphatic carbocycles. The van der Waals surface area contributed by atoms with Gasteiger partial charge in [-0.1, -0.05) is 30.3 Å². The minimum atomic E-state index is -0.834. The van der Waals surface area contributed by atoms with Gasteiger partial charge in [-0.3, -0.25) is 9.59 Å². The van der Waals surface area contributed by atoms with Gasteiger partial charge >= 0.3 is 5.97 Å². The van der Waals surface area contributed by atoms with Crippen molar-refractivity contribution < 1.29 is 14.7 Å². The van der Waals surface area contributed by atoms with Crippen molar-refractivity contribution in [2.45, 2.75) is 12.3 Å². The van der Waals surface area contributed by atoms with Crippen molar-refractivity contribution in [3.63, 3.8) is 0 Å². The number of nitrogens with zero attached hydrogens (tertiary/aromatic N) is 1. The third kappa shape index (κ3) is 2.93. The predicted octanol–water partition coefficient (Wildman–Crippen LogP) is 0.662. The SMILES string of the molecule is NCC(C(=O)N1CCC(C(=O)O)C1)c1ccccc1. The molecule has 102 valence electrons. The third-order valence-corrected chi connectivity index (χ3v) is 3.58. The van der Waals surface area contributed by atoms with Crippen LogP contribution in [-0.2, 0) is 9.59 Å². The molecule has 2 rings (SSSR count). The third-order valence-electron chi connectivity index (χ3n) is 3.58. The Bertz CT molecular complexity index is 461. The first kappa shape index (κ1) is 13.5. The van der Waals surface area contributed by atoms with Gasteiger partial charge in [0.1, 0.15) is 0 Å². The number of likely N-dealkylation sites (tertiary alicyclic amines) is 1. The molecule has 1 fully saturated rings. The minimum Gasteiger partial charge on any atom is -0.481 e. The van der Waals surface area contributed by atoms with Crippen LogP contribution in [0.1, 0.15) is 17.9 Å². The van der Waals surface area contributed by atoms with E-state index in [1.165, 1.54) is 0 Å². The molecule has 1 heterocycles. The average molecular weight is 262 g/mol. The van der Waals surface area contributed by atoms with Crippen LogP contribution >= 0.6 is 0 Å². The number of hydrogen-bond acceptors (Lipinski definition) is 3. The Labute approximate surface area is 112 Å². The quantitative estimate of drug-likeness (QED) is 0.835. The van der Waals surface area contributed by atoms with Crippen LogP contribution in [-0.4, -0.2) is 41.5 Å². The topological polar surface area (TPSA) is 83.6 Å². The summed E-state index contributed by atoms with van der Waals surface area (Å²) in [5.74, 6) is -1.73. The van der Waals surface area contributed by atoms with Gasteiger partial charge in [0.2, 0.25) is 5.91 Å². The second kappa shape index (κ2) is 5.84. The Balaban J connectivity index is 2.08. The lowest BCUT2D eigenvalue weighted by Crippen LogP contribution is -2.37. The molecule has 19 heavy (non-hydrogen) atoms. The molecule has 3 N–H and O–H groups in total. The van der Waals surface area contributed by atoms with Crippen molar-refractivity contribution in [1.82, 2.24) is 4.90 Å². The molecule has 0 saturated carbocycles. The number of carboxylic acid groups (broad SMARTS) is 1. The molecular formula is C14H18N2O3. The maximum atomic E-state index is 12.4. The summed E-state index contributed by atoms with van der Waals surface area (Å²) in [6.45, 7) is 1.02. The van der Waals surface area contributed by atoms with Gasteiger partial charge in [-0.25, -0.2) is 0 Å². The Morgan fingerprint density at radius 2 is 2.05 bits per heavy atom. The van der Waals surface area contributed by atoms with Crippen LogP contribution in [0.3, 0.4) is 0 Å². The fourth-order valence-electron chi connectivity index (χ4n) is 2.45. The van der Waals surface area contributed by atoms with Crippen molar-refractivity contribution >= 4 is 11.9 Å². The molecule has 2 unspecified atom stereocenters. The molecule has 0 bridgehead atoms. The van der Waals surface area contributed by atoms with E-state index in [-0.39, 0.29) is 24.9 Å². The van der Waals surface area contributed by atoms with Gasteiger partial charge in [0.25, 0.3) is 0 Å². The number of carbonyl (C=O) groups is 2. The number of amides is 1. The van der Waals surface area contributed by atoms with Gasteiger partial charge < -0.3 is 15.7 Å². The zero-order valence-corrected chi connectivity index (χ0v) is 10.7. The molecule has 1 amide bonds. The number of benzene rings is 1. The first-order chi connectivity index (χ1) is 9.13. The second-order valence-corrected chi connectivity index (χ2v) is 4.81. The van der Waals surface area contributed by atoms with Gasteiger partial charge in [0.05, 0.1) is 11.8 Å². The summed E-state index contributed by atoms with van der Waals surface area (Å²) in [4.78, 5) is 24.9. The standard InChI is InChI=1S/C14H18N2O3/c15-8-12(10-4-2-1-3-5-10)13(17)16-7-6-11(9-16)14(18)19/h1-5,11-12H,6-9,15H2,(H,18,19). The monoisotopic (exact) mass is 262 g/mol. The van der Waals surface area contributed by atoms with Crippen LogP contribution in [0.5, 0.6) is 0 Å². The Hall–Kier alpha value is -1.88. The minimum absolute atomic E-state index is 0.0718. The van der Waals surface area contributed by atoms with E-state index < -0.39 is 11.9 Å². The van der Waals surface area contributed by atoms with Crippen molar-refractivity contribution in [2.75, 3.05) is 19.6 Å². The molecule has 1 saturated heterocycles. The lowest BCUT2D eigenvalue weighted by molar-refractivity contribution is -0.141. The summed E-state index contributed by atoms with van der Waals surface area (Å²) in [6.07, 6.45) is 0.521. The van der Waals surface area contributed by atoms with Crippen LogP contribution in [0, 0.1) is 5.92 Å². The first-order valence-corrected chi connectivity index (χ1v) is 6.40. The maximum absolute atomic E-state index is 12.4. The summed E-state index contributed by atoms with van der Waals surface area (Å²) in [5, 5.41) is 8.96. The van der Waals surface area contributed by atoms with E-state index >= 15 is 0 Å². The number of carbonyl (C=O) groups excluding carboxylic acids is 1. The number of nitrogens with two attached hydrogens (primary N) is 1. The molecule has 0 radical (unpaired) electrons. The van der Waals surface area contributed by atoms with Crippen LogP contribution in [0.2, 0.25) is 0 Å². The average Bonchev–Trinajstić information content (AvgIpc) is 2.90. The smallest absolute Gasteiger partial charge is 0.308 e. The predicted molar refractivity (Wildman–Crippen MR) is 70.6 cm³/mol. The Morgan fingerprint density at radius 3 is 2.58 bits per heavy atom. The highest BCUT2D eigenvalue weighted by molar-refractivity contribution is 5.85. The van der Waals surface area contributed by atoms with Crippen LogP contribution in [0.4, 0.5) is 0 Å². The van der Waals surface area contributed by atoms with E-state index in [4.69, 9.17) is 10.8 Å². The molecule has 1 aromatic rings. The number of carboxylic acids is 1. The largest absolute Gasteiger partial charge is 0.481 e. The fraction of sp³-hybridized carbons (Fsp3) is 0.429. The summed E-state index contributed by atoms with van der Waals surface area (Å²) >= 11 is 0. The van der Waals surface area contributed by atoms with Crippen LogP contribution in [0.25, 0.3) is 0 Å². The highest BCUT2D eigenvalue weighted by Gasteiger charge is 2.33. The zero-order chi connectivity index (χ0) is 13.8. The second-order valence-electron chi connectivity index (χ2n) is 4.81. The van der Waals surface area contributed by atoms with Crippen molar-refractivity contribution in [3.8, 4) is 0 Å². The number of rotatable bonds is 4. The number of aliphatic carboxylic acids is 1. The highest BCUT2D eigenvalue weighted by atomic mass is 16.4. The zero-order valence-electron chi connectivity index (χ0n) is 10.7. The van der Waals surface area contributed by atoms with Crippen LogP contribution < -0.4 is 5.73 Å². The Kier molecular flexibility index (Phi) is 4.16. The Morgan fingerprint density at radius 1 is 1.37 bits per heavy atom. The van der Waals surface area contributed by atoms with E-state index in [0.29, 0.717) is 13.0 Å². The molecule has 1 aliphatic rings. The summed E-state index contributed by atoms with van der Waals surface area (Å²) in [7, 11) is 0. The summed E-state index contributed by atoms with van der Waals surface area (Å²) in [6, 6.07) is 9.38. The van der Waals surface area contributed by atoms with Gasteiger partial charge in [-0.05, 0) is 12.0 Å². The molecular weight excluding hydrogens is 244 g/mol. The molecule has 0 aromatic heterocycles. The van der Waals surface area contributed by atoms with E-state index in [9.17, 15) is 9.59 Å². The summed E-state index contributed by atoms with van der Waals surface area (Å²) in [5.41, 5.74) is 6.59. The van der Waals surface area contributed by atoms with Gasteiger partial charge in [0.15, 0.2) is 0 Å². The highest BCUT2D eigenvalue weighted by Crippen LogP contribution is 2.23.